The SMILES string of the molecule is COc1cc2nccc(N(c3ccc(N)cc3)c3nnc(-c4ccccc4)c4ccccc34)c2cn1. The van der Waals surface area contributed by atoms with E-state index in [9.17, 15) is 0 Å². The van der Waals surface area contributed by atoms with E-state index >= 15 is 0 Å². The second kappa shape index (κ2) is 8.96. The Kier molecular flexibility index (Phi) is 5.35. The van der Waals surface area contributed by atoms with Crippen molar-refractivity contribution in [1.82, 2.24) is 20.2 Å². The maximum absolute atomic E-state index is 6.02. The van der Waals surface area contributed by atoms with E-state index in [-0.39, 0.29) is 0 Å². The number of fused-ring (bicyclic) bond motifs is 2. The Morgan fingerprint density at radius 3 is 2.28 bits per heavy atom. The van der Waals surface area contributed by atoms with Gasteiger partial charge in [-0.05, 0) is 30.3 Å². The summed E-state index contributed by atoms with van der Waals surface area (Å²) < 4.78 is 5.32. The number of nitrogens with zero attached hydrogens (tertiary/aromatic N) is 5. The summed E-state index contributed by atoms with van der Waals surface area (Å²) >= 11 is 0. The molecule has 6 rings (SSSR count). The first-order valence-electron chi connectivity index (χ1n) is 11.5. The molecule has 6 aromatic rings. The number of pyridine rings is 2. The van der Waals surface area contributed by atoms with Crippen molar-refractivity contribution in [3.63, 3.8) is 0 Å². The molecule has 0 saturated carbocycles. The van der Waals surface area contributed by atoms with Crippen LogP contribution in [0.5, 0.6) is 5.88 Å². The normalized spacial score (nSPS) is 11.0. The van der Waals surface area contributed by atoms with Crippen LogP contribution >= 0.6 is 0 Å². The highest BCUT2D eigenvalue weighted by Gasteiger charge is 2.22. The molecular formula is C29H22N6O. The van der Waals surface area contributed by atoms with Gasteiger partial charge in [-0.3, -0.25) is 9.88 Å². The zero-order chi connectivity index (χ0) is 24.5. The van der Waals surface area contributed by atoms with Gasteiger partial charge in [-0.15, -0.1) is 10.2 Å². The molecule has 174 valence electrons. The Hall–Kier alpha value is -5.04. The van der Waals surface area contributed by atoms with E-state index in [1.807, 2.05) is 78.9 Å². The summed E-state index contributed by atoms with van der Waals surface area (Å²) in [5, 5.41) is 12.3. The molecule has 0 aliphatic carbocycles. The maximum atomic E-state index is 6.02. The average Bonchev–Trinajstić information content (AvgIpc) is 2.94. The molecule has 0 aliphatic heterocycles. The zero-order valence-corrected chi connectivity index (χ0v) is 19.5. The minimum atomic E-state index is 0.503. The van der Waals surface area contributed by atoms with Crippen molar-refractivity contribution in [2.45, 2.75) is 0 Å². The predicted octanol–water partition coefficient (Wildman–Crippen LogP) is 6.30. The van der Waals surface area contributed by atoms with Gasteiger partial charge < -0.3 is 10.5 Å². The number of nitrogens with two attached hydrogens (primary N) is 1. The lowest BCUT2D eigenvalue weighted by Crippen LogP contribution is -2.14. The fraction of sp³-hybridized carbons (Fsp3) is 0.0345. The highest BCUT2D eigenvalue weighted by Crippen LogP contribution is 2.41. The van der Waals surface area contributed by atoms with Crippen LogP contribution in [0.4, 0.5) is 22.9 Å². The summed E-state index contributed by atoms with van der Waals surface area (Å²) in [6, 6.07) is 29.7. The second-order valence-corrected chi connectivity index (χ2v) is 8.28. The first-order valence-corrected chi connectivity index (χ1v) is 11.5. The van der Waals surface area contributed by atoms with Crippen molar-refractivity contribution in [3.8, 4) is 17.1 Å². The minimum absolute atomic E-state index is 0.503. The molecule has 0 bridgehead atoms. The molecule has 3 aromatic carbocycles. The Morgan fingerprint density at radius 1 is 0.750 bits per heavy atom. The quantitative estimate of drug-likeness (QED) is 0.296. The van der Waals surface area contributed by atoms with Crippen molar-refractivity contribution >= 4 is 44.6 Å². The van der Waals surface area contributed by atoms with Crippen molar-refractivity contribution in [2.24, 2.45) is 0 Å². The number of rotatable bonds is 5. The molecule has 3 aromatic heterocycles. The molecule has 0 radical (unpaired) electrons. The van der Waals surface area contributed by atoms with Gasteiger partial charge in [0.05, 0.1) is 18.3 Å². The third-order valence-corrected chi connectivity index (χ3v) is 6.11. The molecule has 7 nitrogen and oxygen atoms in total. The van der Waals surface area contributed by atoms with Crippen LogP contribution in [0.25, 0.3) is 32.9 Å². The Bertz CT molecular complexity index is 1690. The van der Waals surface area contributed by atoms with Crippen molar-refractivity contribution in [3.05, 3.63) is 103 Å². The van der Waals surface area contributed by atoms with Gasteiger partial charge in [-0.25, -0.2) is 4.98 Å². The summed E-state index contributed by atoms with van der Waals surface area (Å²) in [4.78, 5) is 11.1. The minimum Gasteiger partial charge on any atom is -0.481 e. The van der Waals surface area contributed by atoms with Gasteiger partial charge in [0.1, 0.15) is 5.69 Å². The van der Waals surface area contributed by atoms with Gasteiger partial charge in [0.25, 0.3) is 0 Å². The van der Waals surface area contributed by atoms with E-state index in [1.165, 1.54) is 0 Å². The zero-order valence-electron chi connectivity index (χ0n) is 19.5. The number of aromatic nitrogens is 4. The first-order chi connectivity index (χ1) is 17.7. The third kappa shape index (κ3) is 3.73. The van der Waals surface area contributed by atoms with Crippen LogP contribution < -0.4 is 15.4 Å². The third-order valence-electron chi connectivity index (χ3n) is 6.11. The van der Waals surface area contributed by atoms with E-state index in [1.54, 1.807) is 19.5 Å². The summed E-state index contributed by atoms with van der Waals surface area (Å²) in [5.74, 6) is 1.20. The largest absolute Gasteiger partial charge is 0.481 e. The van der Waals surface area contributed by atoms with Gasteiger partial charge in [0.2, 0.25) is 5.88 Å². The number of hydrogen-bond donors (Lipinski definition) is 1. The highest BCUT2D eigenvalue weighted by molar-refractivity contribution is 6.05. The molecule has 2 N–H and O–H groups in total. The molecule has 36 heavy (non-hydrogen) atoms. The first kappa shape index (κ1) is 21.5. The van der Waals surface area contributed by atoms with Crippen molar-refractivity contribution < 1.29 is 4.74 Å². The number of anilines is 4. The number of methoxy groups -OCH3 is 1. The average molecular weight is 471 g/mol. The lowest BCUT2D eigenvalue weighted by atomic mass is 10.0. The molecule has 0 spiro atoms. The number of ether oxygens (including phenoxy) is 1. The highest BCUT2D eigenvalue weighted by atomic mass is 16.5. The van der Waals surface area contributed by atoms with Crippen LogP contribution in [0.1, 0.15) is 0 Å². The molecular weight excluding hydrogens is 448 g/mol. The van der Waals surface area contributed by atoms with Crippen LogP contribution in [0.2, 0.25) is 0 Å². The molecule has 0 unspecified atom stereocenters. The smallest absolute Gasteiger partial charge is 0.215 e. The topological polar surface area (TPSA) is 90.0 Å². The number of benzene rings is 3. The van der Waals surface area contributed by atoms with E-state index < -0.39 is 0 Å². The van der Waals surface area contributed by atoms with Gasteiger partial charge in [-0.2, -0.15) is 0 Å². The molecule has 0 fully saturated rings. The van der Waals surface area contributed by atoms with Crippen LogP contribution in [0.3, 0.4) is 0 Å². The molecule has 0 amide bonds. The monoisotopic (exact) mass is 470 g/mol. The van der Waals surface area contributed by atoms with Gasteiger partial charge >= 0.3 is 0 Å². The van der Waals surface area contributed by atoms with E-state index in [0.29, 0.717) is 17.4 Å². The van der Waals surface area contributed by atoms with Gasteiger partial charge in [-0.1, -0.05) is 54.6 Å². The van der Waals surface area contributed by atoms with Gasteiger partial charge in [0.15, 0.2) is 5.82 Å². The van der Waals surface area contributed by atoms with Crippen LogP contribution in [-0.2, 0) is 0 Å². The van der Waals surface area contributed by atoms with E-state index in [2.05, 4.69) is 27.0 Å². The molecule has 0 aliphatic rings. The summed E-state index contributed by atoms with van der Waals surface area (Å²) in [6.45, 7) is 0. The number of hydrogen-bond acceptors (Lipinski definition) is 7. The maximum Gasteiger partial charge on any atom is 0.215 e. The van der Waals surface area contributed by atoms with E-state index in [4.69, 9.17) is 20.7 Å². The molecule has 7 heteroatoms. The van der Waals surface area contributed by atoms with Crippen molar-refractivity contribution in [1.29, 1.82) is 0 Å². The van der Waals surface area contributed by atoms with Crippen LogP contribution in [0, 0.1) is 0 Å². The summed E-state index contributed by atoms with van der Waals surface area (Å²) in [5.41, 5.74) is 11.1. The van der Waals surface area contributed by atoms with E-state index in [0.717, 1.165) is 44.3 Å². The lowest BCUT2D eigenvalue weighted by molar-refractivity contribution is 0.398. The molecule has 0 atom stereocenters. The Labute approximate surface area is 207 Å². The Morgan fingerprint density at radius 2 is 1.50 bits per heavy atom. The predicted molar refractivity (Wildman–Crippen MR) is 144 cm³/mol. The van der Waals surface area contributed by atoms with Gasteiger partial charge in [0, 0.05) is 51.6 Å². The van der Waals surface area contributed by atoms with Crippen molar-refractivity contribution in [2.75, 3.05) is 17.7 Å². The fourth-order valence-corrected chi connectivity index (χ4v) is 4.38. The molecule has 0 saturated heterocycles. The Balaban J connectivity index is 1.64. The number of nitrogen functional groups attached to an aromatic ring is 1. The summed E-state index contributed by atoms with van der Waals surface area (Å²) in [7, 11) is 1.59. The fourth-order valence-electron chi connectivity index (χ4n) is 4.38. The molecule has 3 heterocycles. The standard InChI is InChI=1S/C29H22N6O/c1-36-27-17-25-24(18-32-27)26(15-16-31-25)35(21-13-11-20(30)12-14-21)29-23-10-6-5-9-22(23)28(33-34-29)19-7-3-2-4-8-19/h2-18H,30H2,1H3. The van der Waals surface area contributed by atoms with Crippen LogP contribution in [0.15, 0.2) is 103 Å². The second-order valence-electron chi connectivity index (χ2n) is 8.28. The summed E-state index contributed by atoms with van der Waals surface area (Å²) in [6.07, 6.45) is 3.55. The van der Waals surface area contributed by atoms with Crippen LogP contribution in [-0.4, -0.2) is 27.3 Å². The lowest BCUT2D eigenvalue weighted by Gasteiger charge is -2.26.